The van der Waals surface area contributed by atoms with E-state index >= 15 is 0 Å². The van der Waals surface area contributed by atoms with Gasteiger partial charge in [-0.2, -0.15) is 0 Å². The Kier molecular flexibility index (Phi) is 4.03. The van der Waals surface area contributed by atoms with E-state index in [4.69, 9.17) is 5.11 Å². The molecule has 2 rings (SSSR count). The number of hydrogen-bond donors (Lipinski definition) is 2. The smallest absolute Gasteiger partial charge is 0.335 e. The number of carboxylic acid groups (broad SMARTS) is 1. The van der Waals surface area contributed by atoms with Crippen LogP contribution >= 0.6 is 0 Å². The molecule has 0 fully saturated rings. The average Bonchev–Trinajstić information content (AvgIpc) is 2.41. The molecule has 0 bridgehead atoms. The number of hydrogen-bond acceptors (Lipinski definition) is 2. The van der Waals surface area contributed by atoms with E-state index in [9.17, 15) is 9.18 Å². The molecule has 0 heterocycles. The van der Waals surface area contributed by atoms with Gasteiger partial charge in [0.1, 0.15) is 5.82 Å². The Hall–Kier alpha value is -2.36. The SMILES string of the molecule is Cc1ccc(C(=O)O)cc1NC(C)c1ccccc1F. The first-order chi connectivity index (χ1) is 9.49. The summed E-state index contributed by atoms with van der Waals surface area (Å²) in [7, 11) is 0. The highest BCUT2D eigenvalue weighted by Gasteiger charge is 2.12. The molecule has 0 radical (unpaired) electrons. The lowest BCUT2D eigenvalue weighted by Gasteiger charge is -2.18. The van der Waals surface area contributed by atoms with Crippen LogP contribution in [0.25, 0.3) is 0 Å². The highest BCUT2D eigenvalue weighted by atomic mass is 19.1. The van der Waals surface area contributed by atoms with Gasteiger partial charge in [0, 0.05) is 11.3 Å². The quantitative estimate of drug-likeness (QED) is 0.885. The molecule has 0 spiro atoms. The van der Waals surface area contributed by atoms with Gasteiger partial charge in [-0.05, 0) is 37.6 Å². The van der Waals surface area contributed by atoms with E-state index in [0.29, 0.717) is 11.3 Å². The summed E-state index contributed by atoms with van der Waals surface area (Å²) in [5.41, 5.74) is 2.37. The van der Waals surface area contributed by atoms with E-state index in [0.717, 1.165) is 5.56 Å². The first kappa shape index (κ1) is 14.1. The molecule has 3 nitrogen and oxygen atoms in total. The maximum Gasteiger partial charge on any atom is 0.335 e. The van der Waals surface area contributed by atoms with Gasteiger partial charge >= 0.3 is 5.97 Å². The minimum absolute atomic E-state index is 0.207. The fourth-order valence-corrected chi connectivity index (χ4v) is 2.05. The normalized spacial score (nSPS) is 11.9. The van der Waals surface area contributed by atoms with Crippen LogP contribution < -0.4 is 5.32 Å². The maximum atomic E-state index is 13.7. The van der Waals surface area contributed by atoms with Gasteiger partial charge in [-0.3, -0.25) is 0 Å². The van der Waals surface area contributed by atoms with Crippen LogP contribution in [0, 0.1) is 12.7 Å². The number of carbonyl (C=O) groups is 1. The summed E-state index contributed by atoms with van der Waals surface area (Å²) in [4.78, 5) is 11.0. The van der Waals surface area contributed by atoms with Crippen molar-refractivity contribution in [1.29, 1.82) is 0 Å². The van der Waals surface area contributed by atoms with Gasteiger partial charge in [0.25, 0.3) is 0 Å². The minimum Gasteiger partial charge on any atom is -0.478 e. The van der Waals surface area contributed by atoms with Crippen molar-refractivity contribution in [2.24, 2.45) is 0 Å². The Bertz CT molecular complexity index is 640. The van der Waals surface area contributed by atoms with Crippen LogP contribution in [-0.2, 0) is 0 Å². The Morgan fingerprint density at radius 1 is 1.25 bits per heavy atom. The molecule has 4 heteroatoms. The molecular weight excluding hydrogens is 257 g/mol. The number of aromatic carboxylic acids is 1. The van der Waals surface area contributed by atoms with Crippen molar-refractivity contribution in [1.82, 2.24) is 0 Å². The van der Waals surface area contributed by atoms with E-state index in [2.05, 4.69) is 5.32 Å². The van der Waals surface area contributed by atoms with Gasteiger partial charge in [0.2, 0.25) is 0 Å². The number of anilines is 1. The second-order valence-electron chi connectivity index (χ2n) is 4.72. The van der Waals surface area contributed by atoms with Crippen molar-refractivity contribution in [3.8, 4) is 0 Å². The number of rotatable bonds is 4. The van der Waals surface area contributed by atoms with E-state index in [1.54, 1.807) is 36.4 Å². The van der Waals surface area contributed by atoms with E-state index in [1.807, 2.05) is 13.8 Å². The zero-order valence-corrected chi connectivity index (χ0v) is 11.4. The van der Waals surface area contributed by atoms with Crippen LogP contribution in [0.2, 0.25) is 0 Å². The Balaban J connectivity index is 2.28. The monoisotopic (exact) mass is 273 g/mol. The zero-order valence-electron chi connectivity index (χ0n) is 11.4. The molecule has 2 aromatic carbocycles. The minimum atomic E-state index is -0.980. The number of nitrogens with one attached hydrogen (secondary N) is 1. The molecule has 2 N–H and O–H groups in total. The lowest BCUT2D eigenvalue weighted by molar-refractivity contribution is 0.0697. The summed E-state index contributed by atoms with van der Waals surface area (Å²) < 4.78 is 13.7. The molecule has 0 aliphatic heterocycles. The molecule has 0 aromatic heterocycles. The Morgan fingerprint density at radius 3 is 2.60 bits per heavy atom. The van der Waals surface area contributed by atoms with Gasteiger partial charge in [0.05, 0.1) is 11.6 Å². The van der Waals surface area contributed by atoms with Crippen molar-refractivity contribution < 1.29 is 14.3 Å². The third kappa shape index (κ3) is 2.96. The number of halogens is 1. The van der Waals surface area contributed by atoms with Crippen LogP contribution in [0.1, 0.15) is 34.5 Å². The van der Waals surface area contributed by atoms with Crippen LogP contribution in [0.3, 0.4) is 0 Å². The van der Waals surface area contributed by atoms with Crippen molar-refractivity contribution in [3.05, 3.63) is 65.0 Å². The fourth-order valence-electron chi connectivity index (χ4n) is 2.05. The molecule has 104 valence electrons. The largest absolute Gasteiger partial charge is 0.478 e. The fraction of sp³-hybridized carbons (Fsp3) is 0.188. The van der Waals surface area contributed by atoms with Gasteiger partial charge in [-0.1, -0.05) is 24.3 Å². The molecular formula is C16H16FNO2. The van der Waals surface area contributed by atoms with Gasteiger partial charge in [-0.15, -0.1) is 0 Å². The Labute approximate surface area is 117 Å². The summed E-state index contributed by atoms with van der Waals surface area (Å²) in [5.74, 6) is -1.26. The highest BCUT2D eigenvalue weighted by Crippen LogP contribution is 2.24. The summed E-state index contributed by atoms with van der Waals surface area (Å²) in [6.45, 7) is 3.72. The van der Waals surface area contributed by atoms with Crippen LogP contribution in [0.4, 0.5) is 10.1 Å². The second kappa shape index (κ2) is 5.74. The standard InChI is InChI=1S/C16H16FNO2/c1-10-7-8-12(16(19)20)9-15(10)18-11(2)13-5-3-4-6-14(13)17/h3-9,11,18H,1-2H3,(H,19,20). The van der Waals surface area contributed by atoms with E-state index < -0.39 is 5.97 Å². The first-order valence-corrected chi connectivity index (χ1v) is 6.34. The highest BCUT2D eigenvalue weighted by molar-refractivity contribution is 5.89. The third-order valence-corrected chi connectivity index (χ3v) is 3.23. The van der Waals surface area contributed by atoms with Gasteiger partial charge < -0.3 is 10.4 Å². The molecule has 0 aliphatic carbocycles. The summed E-state index contributed by atoms with van der Waals surface area (Å²) >= 11 is 0. The molecule has 0 saturated carbocycles. The topological polar surface area (TPSA) is 49.3 Å². The van der Waals surface area contributed by atoms with E-state index in [-0.39, 0.29) is 17.4 Å². The Morgan fingerprint density at radius 2 is 1.95 bits per heavy atom. The zero-order chi connectivity index (χ0) is 14.7. The maximum absolute atomic E-state index is 13.7. The molecule has 0 aliphatic rings. The molecule has 0 saturated heterocycles. The van der Waals surface area contributed by atoms with Crippen LogP contribution in [-0.4, -0.2) is 11.1 Å². The van der Waals surface area contributed by atoms with Gasteiger partial charge in [0.15, 0.2) is 0 Å². The van der Waals surface area contributed by atoms with Crippen molar-refractivity contribution in [2.45, 2.75) is 19.9 Å². The van der Waals surface area contributed by atoms with Crippen molar-refractivity contribution in [2.75, 3.05) is 5.32 Å². The summed E-state index contributed by atoms with van der Waals surface area (Å²) in [6, 6.07) is 11.1. The average molecular weight is 273 g/mol. The van der Waals surface area contributed by atoms with Crippen LogP contribution in [0.5, 0.6) is 0 Å². The van der Waals surface area contributed by atoms with E-state index in [1.165, 1.54) is 6.07 Å². The molecule has 20 heavy (non-hydrogen) atoms. The van der Waals surface area contributed by atoms with Crippen molar-refractivity contribution >= 4 is 11.7 Å². The number of carboxylic acids is 1. The van der Waals surface area contributed by atoms with Crippen molar-refractivity contribution in [3.63, 3.8) is 0 Å². The summed E-state index contributed by atoms with van der Waals surface area (Å²) in [5, 5.41) is 12.2. The van der Waals surface area contributed by atoms with Crippen LogP contribution in [0.15, 0.2) is 42.5 Å². The number of aryl methyl sites for hydroxylation is 1. The predicted molar refractivity (Wildman–Crippen MR) is 76.6 cm³/mol. The third-order valence-electron chi connectivity index (χ3n) is 3.23. The number of benzene rings is 2. The molecule has 2 aromatic rings. The lowest BCUT2D eigenvalue weighted by atomic mass is 10.1. The summed E-state index contributed by atoms with van der Waals surface area (Å²) in [6.07, 6.45) is 0. The van der Waals surface area contributed by atoms with Gasteiger partial charge in [-0.25, -0.2) is 9.18 Å². The lowest BCUT2D eigenvalue weighted by Crippen LogP contribution is -2.10. The second-order valence-corrected chi connectivity index (χ2v) is 4.72. The molecule has 0 amide bonds. The predicted octanol–water partition coefficient (Wildman–Crippen LogP) is 4.01. The first-order valence-electron chi connectivity index (χ1n) is 6.34. The molecule has 1 unspecified atom stereocenters. The molecule has 1 atom stereocenters.